The third-order valence-electron chi connectivity index (χ3n) is 3.95. The van der Waals surface area contributed by atoms with E-state index in [1.807, 2.05) is 0 Å². The maximum absolute atomic E-state index is 11.8. The van der Waals surface area contributed by atoms with Crippen LogP contribution < -0.4 is 10.6 Å². The molecule has 1 rings (SSSR count). The van der Waals surface area contributed by atoms with Crippen LogP contribution in [-0.2, 0) is 9.59 Å². The van der Waals surface area contributed by atoms with Gasteiger partial charge in [-0.25, -0.2) is 0 Å². The van der Waals surface area contributed by atoms with E-state index in [-0.39, 0.29) is 6.04 Å². The molecule has 1 saturated carbocycles. The van der Waals surface area contributed by atoms with Crippen molar-refractivity contribution in [3.05, 3.63) is 0 Å². The van der Waals surface area contributed by atoms with E-state index >= 15 is 0 Å². The first-order valence-electron chi connectivity index (χ1n) is 7.73. The van der Waals surface area contributed by atoms with Crippen molar-refractivity contribution < 1.29 is 9.59 Å². The second kappa shape index (κ2) is 8.94. The minimum absolute atomic E-state index is 0.173. The van der Waals surface area contributed by atoms with Gasteiger partial charge >= 0.3 is 11.8 Å². The second-order valence-electron chi connectivity index (χ2n) is 5.66. The zero-order valence-corrected chi connectivity index (χ0v) is 12.3. The lowest BCUT2D eigenvalue weighted by Gasteiger charge is -2.29. The Bertz CT molecular complexity index is 292. The molecule has 0 aromatic rings. The Kier molecular flexibility index (Phi) is 7.53. The average Bonchev–Trinajstić information content (AvgIpc) is 2.41. The summed E-state index contributed by atoms with van der Waals surface area (Å²) in [6.45, 7) is 4.90. The first-order valence-corrected chi connectivity index (χ1v) is 7.73. The van der Waals surface area contributed by atoms with Crippen molar-refractivity contribution in [3.8, 4) is 0 Å². The summed E-state index contributed by atoms with van der Waals surface area (Å²) in [6, 6.07) is 0.173. The lowest BCUT2D eigenvalue weighted by molar-refractivity contribution is -0.140. The van der Waals surface area contributed by atoms with Crippen LogP contribution in [0.1, 0.15) is 65.2 Å². The van der Waals surface area contributed by atoms with Gasteiger partial charge in [0.2, 0.25) is 0 Å². The van der Waals surface area contributed by atoms with Crippen LogP contribution in [0.15, 0.2) is 0 Å². The molecule has 19 heavy (non-hydrogen) atoms. The minimum atomic E-state index is -0.478. The highest BCUT2D eigenvalue weighted by Gasteiger charge is 2.25. The molecule has 0 radical (unpaired) electrons. The van der Waals surface area contributed by atoms with E-state index in [0.717, 1.165) is 32.1 Å². The molecular formula is C15H28N2O2. The maximum Gasteiger partial charge on any atom is 0.309 e. The van der Waals surface area contributed by atoms with Gasteiger partial charge in [0.1, 0.15) is 0 Å². The molecule has 0 bridgehead atoms. The van der Waals surface area contributed by atoms with Gasteiger partial charge in [-0.1, -0.05) is 46.0 Å². The van der Waals surface area contributed by atoms with Crippen molar-refractivity contribution >= 4 is 11.8 Å². The lowest BCUT2D eigenvalue weighted by Crippen LogP contribution is -2.47. The molecule has 0 heterocycles. The van der Waals surface area contributed by atoms with Crippen molar-refractivity contribution in [2.24, 2.45) is 5.92 Å². The normalized spacial score (nSPS) is 22.8. The summed E-state index contributed by atoms with van der Waals surface area (Å²) >= 11 is 0. The molecule has 1 aliphatic carbocycles. The molecule has 2 N–H and O–H groups in total. The average molecular weight is 268 g/mol. The number of amides is 2. The van der Waals surface area contributed by atoms with Crippen LogP contribution in [0, 0.1) is 5.92 Å². The smallest absolute Gasteiger partial charge is 0.309 e. The van der Waals surface area contributed by atoms with E-state index in [0.29, 0.717) is 12.5 Å². The summed E-state index contributed by atoms with van der Waals surface area (Å²) in [7, 11) is 0. The van der Waals surface area contributed by atoms with Gasteiger partial charge in [0.25, 0.3) is 0 Å². The summed E-state index contributed by atoms with van der Waals surface area (Å²) < 4.78 is 0. The minimum Gasteiger partial charge on any atom is -0.348 e. The third kappa shape index (κ3) is 6.08. The summed E-state index contributed by atoms with van der Waals surface area (Å²) in [4.78, 5) is 23.4. The Labute approximate surface area is 116 Å². The van der Waals surface area contributed by atoms with E-state index in [4.69, 9.17) is 0 Å². The van der Waals surface area contributed by atoms with Gasteiger partial charge in [-0.05, 0) is 25.2 Å². The fourth-order valence-corrected chi connectivity index (χ4v) is 2.60. The number of carbonyl (C=O) groups excluding carboxylic acids is 2. The number of rotatable bonds is 6. The molecule has 2 atom stereocenters. The van der Waals surface area contributed by atoms with Gasteiger partial charge in [0, 0.05) is 12.6 Å². The largest absolute Gasteiger partial charge is 0.348 e. The summed E-state index contributed by atoms with van der Waals surface area (Å²) in [5.41, 5.74) is 0. The molecule has 0 aliphatic heterocycles. The number of nitrogens with one attached hydrogen (secondary N) is 2. The van der Waals surface area contributed by atoms with Crippen molar-refractivity contribution in [3.63, 3.8) is 0 Å². The van der Waals surface area contributed by atoms with Crippen LogP contribution in [0.2, 0.25) is 0 Å². The molecule has 0 aromatic heterocycles. The van der Waals surface area contributed by atoms with Crippen molar-refractivity contribution in [2.75, 3.05) is 6.54 Å². The Balaban J connectivity index is 2.19. The summed E-state index contributed by atoms with van der Waals surface area (Å²) in [5, 5.41) is 5.56. The monoisotopic (exact) mass is 268 g/mol. The summed E-state index contributed by atoms with van der Waals surface area (Å²) in [5.74, 6) is -0.460. The molecule has 4 heteroatoms. The maximum atomic E-state index is 11.8. The SMILES string of the molecule is CCCCCCNC(=O)C(=O)N[C@@H]1CCCC[C@H]1C. The fraction of sp³-hybridized carbons (Fsp3) is 0.867. The van der Waals surface area contributed by atoms with E-state index in [2.05, 4.69) is 24.5 Å². The molecule has 0 spiro atoms. The first kappa shape index (κ1) is 16.0. The molecular weight excluding hydrogens is 240 g/mol. The molecule has 0 aromatic carbocycles. The molecule has 2 amide bonds. The number of hydrogen-bond donors (Lipinski definition) is 2. The topological polar surface area (TPSA) is 58.2 Å². The quantitative estimate of drug-likeness (QED) is 0.574. The zero-order chi connectivity index (χ0) is 14.1. The van der Waals surface area contributed by atoms with Crippen LogP contribution in [0.25, 0.3) is 0 Å². The van der Waals surface area contributed by atoms with Gasteiger partial charge in [0.15, 0.2) is 0 Å². The van der Waals surface area contributed by atoms with E-state index < -0.39 is 11.8 Å². The van der Waals surface area contributed by atoms with E-state index in [9.17, 15) is 9.59 Å². The Hall–Kier alpha value is -1.06. The first-order chi connectivity index (χ1) is 9.15. The van der Waals surface area contributed by atoms with Crippen LogP contribution in [-0.4, -0.2) is 24.4 Å². The van der Waals surface area contributed by atoms with Crippen LogP contribution >= 0.6 is 0 Å². The summed E-state index contributed by atoms with van der Waals surface area (Å²) in [6.07, 6.45) is 8.94. The fourth-order valence-electron chi connectivity index (χ4n) is 2.60. The van der Waals surface area contributed by atoms with Crippen LogP contribution in [0.3, 0.4) is 0 Å². The van der Waals surface area contributed by atoms with E-state index in [1.165, 1.54) is 19.3 Å². The molecule has 1 fully saturated rings. The van der Waals surface area contributed by atoms with Crippen molar-refractivity contribution in [1.29, 1.82) is 0 Å². The highest BCUT2D eigenvalue weighted by molar-refractivity contribution is 6.35. The van der Waals surface area contributed by atoms with Gasteiger partial charge in [-0.2, -0.15) is 0 Å². The van der Waals surface area contributed by atoms with Gasteiger partial charge in [-0.3, -0.25) is 9.59 Å². The Morgan fingerprint density at radius 1 is 1.05 bits per heavy atom. The highest BCUT2D eigenvalue weighted by atomic mass is 16.2. The second-order valence-corrected chi connectivity index (χ2v) is 5.66. The Morgan fingerprint density at radius 3 is 2.47 bits per heavy atom. The van der Waals surface area contributed by atoms with Crippen molar-refractivity contribution in [2.45, 2.75) is 71.3 Å². The van der Waals surface area contributed by atoms with E-state index in [1.54, 1.807) is 0 Å². The highest BCUT2D eigenvalue weighted by Crippen LogP contribution is 2.23. The predicted molar refractivity (Wildman–Crippen MR) is 76.7 cm³/mol. The molecule has 110 valence electrons. The van der Waals surface area contributed by atoms with Crippen molar-refractivity contribution in [1.82, 2.24) is 10.6 Å². The lowest BCUT2D eigenvalue weighted by atomic mass is 9.86. The van der Waals surface area contributed by atoms with Gasteiger partial charge < -0.3 is 10.6 Å². The van der Waals surface area contributed by atoms with Crippen LogP contribution in [0.4, 0.5) is 0 Å². The van der Waals surface area contributed by atoms with Gasteiger partial charge in [0.05, 0.1) is 0 Å². The molecule has 0 unspecified atom stereocenters. The number of hydrogen-bond acceptors (Lipinski definition) is 2. The molecule has 0 saturated heterocycles. The third-order valence-corrected chi connectivity index (χ3v) is 3.95. The molecule has 1 aliphatic rings. The van der Waals surface area contributed by atoms with Crippen LogP contribution in [0.5, 0.6) is 0 Å². The zero-order valence-electron chi connectivity index (χ0n) is 12.3. The standard InChI is InChI=1S/C15H28N2O2/c1-3-4-5-8-11-16-14(18)15(19)17-13-10-7-6-9-12(13)2/h12-13H,3-11H2,1-2H3,(H,16,18)(H,17,19)/t12-,13-/m1/s1. The predicted octanol–water partition coefficient (Wildman–Crippen LogP) is 2.38. The number of carbonyl (C=O) groups is 2. The number of unbranched alkanes of at least 4 members (excludes halogenated alkanes) is 3. The van der Waals surface area contributed by atoms with Gasteiger partial charge in [-0.15, -0.1) is 0 Å². The Morgan fingerprint density at radius 2 is 1.79 bits per heavy atom. The molecule has 4 nitrogen and oxygen atoms in total.